The van der Waals surface area contributed by atoms with E-state index < -0.39 is 0 Å². The highest BCUT2D eigenvalue weighted by Crippen LogP contribution is 2.04. The van der Waals surface area contributed by atoms with E-state index in [9.17, 15) is 4.79 Å². The molecule has 2 heteroatoms. The molecule has 0 unspecified atom stereocenters. The van der Waals surface area contributed by atoms with Crippen LogP contribution in [0.1, 0.15) is 58.8 Å². The van der Waals surface area contributed by atoms with Crippen LogP contribution in [0.4, 0.5) is 0 Å². The molecule has 0 saturated heterocycles. The van der Waals surface area contributed by atoms with Crippen LogP contribution >= 0.6 is 0 Å². The fourth-order valence-corrected chi connectivity index (χ4v) is 1.53. The van der Waals surface area contributed by atoms with E-state index in [-0.39, 0.29) is 5.97 Å². The zero-order valence-electron chi connectivity index (χ0n) is 11.3. The first kappa shape index (κ1) is 16.0. The summed E-state index contributed by atoms with van der Waals surface area (Å²) in [6.45, 7) is 4.09. The molecule has 0 atom stereocenters. The second kappa shape index (κ2) is 13.0. The van der Waals surface area contributed by atoms with Gasteiger partial charge in [-0.25, -0.2) is 0 Å². The Bertz CT molecular complexity index is 229. The zero-order chi connectivity index (χ0) is 12.8. The molecule has 17 heavy (non-hydrogen) atoms. The molecule has 0 aliphatic carbocycles. The van der Waals surface area contributed by atoms with Gasteiger partial charge in [0.15, 0.2) is 0 Å². The summed E-state index contributed by atoms with van der Waals surface area (Å²) >= 11 is 0. The molecule has 0 rings (SSSR count). The van der Waals surface area contributed by atoms with Gasteiger partial charge in [0.2, 0.25) is 0 Å². The van der Waals surface area contributed by atoms with Crippen molar-refractivity contribution in [3.8, 4) is 0 Å². The normalized spacial score (nSPS) is 11.4. The lowest BCUT2D eigenvalue weighted by molar-refractivity contribution is -0.141. The van der Waals surface area contributed by atoms with Gasteiger partial charge in [-0.1, -0.05) is 37.1 Å². The number of hydrogen-bond acceptors (Lipinski definition) is 2. The van der Waals surface area contributed by atoms with E-state index in [1.165, 1.54) is 26.2 Å². The van der Waals surface area contributed by atoms with Crippen LogP contribution in [0, 0.1) is 0 Å². The topological polar surface area (TPSA) is 26.3 Å². The lowest BCUT2D eigenvalue weighted by Crippen LogP contribution is -1.99. The Kier molecular flexibility index (Phi) is 12.2. The number of ether oxygens (including phenoxy) is 1. The van der Waals surface area contributed by atoms with Crippen molar-refractivity contribution >= 4 is 5.97 Å². The van der Waals surface area contributed by atoms with Gasteiger partial charge < -0.3 is 4.74 Å². The summed E-state index contributed by atoms with van der Waals surface area (Å²) in [6, 6.07) is 0. The van der Waals surface area contributed by atoms with Crippen molar-refractivity contribution in [3.05, 3.63) is 24.3 Å². The zero-order valence-corrected chi connectivity index (χ0v) is 11.3. The number of esters is 1. The average molecular weight is 238 g/mol. The fraction of sp³-hybridized carbons (Fsp3) is 0.667. The third kappa shape index (κ3) is 14.9. The standard InChI is InChI=1S/C15H26O2/c1-3-4-5-6-7-8-9-10-11-12-13-14-17-15(2)16/h3-4,7-8H,5-6,9-14H2,1-2H3. The Morgan fingerprint density at radius 3 is 2.29 bits per heavy atom. The molecule has 0 aromatic heterocycles. The molecule has 0 spiro atoms. The molecule has 0 N–H and O–H groups in total. The van der Waals surface area contributed by atoms with Crippen LogP contribution < -0.4 is 0 Å². The minimum Gasteiger partial charge on any atom is -0.466 e. The van der Waals surface area contributed by atoms with Crippen molar-refractivity contribution < 1.29 is 9.53 Å². The number of carbonyl (C=O) groups excluding carboxylic acids is 1. The molecular weight excluding hydrogens is 212 g/mol. The molecule has 0 bridgehead atoms. The lowest BCUT2D eigenvalue weighted by atomic mass is 10.1. The summed E-state index contributed by atoms with van der Waals surface area (Å²) in [4.78, 5) is 10.5. The third-order valence-electron chi connectivity index (χ3n) is 2.47. The molecule has 0 aliphatic rings. The molecule has 0 aromatic rings. The van der Waals surface area contributed by atoms with Gasteiger partial charge in [0.1, 0.15) is 0 Å². The Hall–Kier alpha value is -1.05. The van der Waals surface area contributed by atoms with Gasteiger partial charge in [0, 0.05) is 6.92 Å². The fourth-order valence-electron chi connectivity index (χ4n) is 1.53. The SMILES string of the molecule is CC=CCCC=CCCCCCCOC(C)=O. The molecule has 0 fully saturated rings. The maximum Gasteiger partial charge on any atom is 0.302 e. The van der Waals surface area contributed by atoms with Crippen molar-refractivity contribution in [2.75, 3.05) is 6.61 Å². The van der Waals surface area contributed by atoms with Gasteiger partial charge in [-0.05, 0) is 39.0 Å². The lowest BCUT2D eigenvalue weighted by Gasteiger charge is -2.00. The van der Waals surface area contributed by atoms with E-state index in [2.05, 4.69) is 31.2 Å². The highest BCUT2D eigenvalue weighted by atomic mass is 16.5. The summed E-state index contributed by atoms with van der Waals surface area (Å²) in [5.41, 5.74) is 0. The van der Waals surface area contributed by atoms with Crippen LogP contribution in [-0.2, 0) is 9.53 Å². The molecule has 0 radical (unpaired) electrons. The van der Waals surface area contributed by atoms with Crippen LogP contribution in [0.25, 0.3) is 0 Å². The summed E-state index contributed by atoms with van der Waals surface area (Å²) in [5, 5.41) is 0. The molecule has 2 nitrogen and oxygen atoms in total. The maximum atomic E-state index is 10.5. The Morgan fingerprint density at radius 1 is 0.941 bits per heavy atom. The second-order valence-electron chi connectivity index (χ2n) is 4.16. The molecule has 0 aliphatic heterocycles. The minimum atomic E-state index is -0.172. The number of rotatable bonds is 10. The Balaban J connectivity index is 3.10. The largest absolute Gasteiger partial charge is 0.466 e. The van der Waals surface area contributed by atoms with E-state index >= 15 is 0 Å². The van der Waals surface area contributed by atoms with Crippen molar-refractivity contribution in [1.82, 2.24) is 0 Å². The van der Waals surface area contributed by atoms with Crippen molar-refractivity contribution in [2.45, 2.75) is 58.8 Å². The molecule has 0 heterocycles. The molecular formula is C15H26O2. The maximum absolute atomic E-state index is 10.5. The van der Waals surface area contributed by atoms with Gasteiger partial charge in [0.25, 0.3) is 0 Å². The summed E-state index contributed by atoms with van der Waals surface area (Å²) < 4.78 is 4.87. The summed E-state index contributed by atoms with van der Waals surface area (Å²) in [7, 11) is 0. The first-order valence-electron chi connectivity index (χ1n) is 6.67. The number of unbranched alkanes of at least 4 members (excludes halogenated alkanes) is 5. The second-order valence-corrected chi connectivity index (χ2v) is 4.16. The Morgan fingerprint density at radius 2 is 1.59 bits per heavy atom. The molecule has 0 saturated carbocycles. The monoisotopic (exact) mass is 238 g/mol. The van der Waals surface area contributed by atoms with Crippen molar-refractivity contribution in [1.29, 1.82) is 0 Å². The molecule has 0 amide bonds. The predicted octanol–water partition coefficient (Wildman–Crippen LogP) is 4.41. The third-order valence-corrected chi connectivity index (χ3v) is 2.47. The van der Waals surface area contributed by atoms with Crippen LogP contribution in [0.5, 0.6) is 0 Å². The predicted molar refractivity (Wildman–Crippen MR) is 72.9 cm³/mol. The van der Waals surface area contributed by atoms with E-state index in [4.69, 9.17) is 4.74 Å². The van der Waals surface area contributed by atoms with Crippen LogP contribution in [0.3, 0.4) is 0 Å². The quantitative estimate of drug-likeness (QED) is 0.320. The first-order valence-corrected chi connectivity index (χ1v) is 6.67. The highest BCUT2D eigenvalue weighted by molar-refractivity contribution is 5.65. The van der Waals surface area contributed by atoms with E-state index in [0.29, 0.717) is 6.61 Å². The Labute approximate surface area is 106 Å². The van der Waals surface area contributed by atoms with Gasteiger partial charge >= 0.3 is 5.97 Å². The van der Waals surface area contributed by atoms with Gasteiger partial charge in [-0.3, -0.25) is 4.79 Å². The van der Waals surface area contributed by atoms with Crippen molar-refractivity contribution in [2.24, 2.45) is 0 Å². The van der Waals surface area contributed by atoms with Crippen LogP contribution in [-0.4, -0.2) is 12.6 Å². The average Bonchev–Trinajstić information content (AvgIpc) is 2.30. The van der Waals surface area contributed by atoms with Gasteiger partial charge in [-0.15, -0.1) is 0 Å². The van der Waals surface area contributed by atoms with Gasteiger partial charge in [-0.2, -0.15) is 0 Å². The molecule has 98 valence electrons. The highest BCUT2D eigenvalue weighted by Gasteiger charge is 1.92. The smallest absolute Gasteiger partial charge is 0.302 e. The van der Waals surface area contributed by atoms with Gasteiger partial charge in [0.05, 0.1) is 6.61 Å². The summed E-state index contributed by atoms with van der Waals surface area (Å²) in [5.74, 6) is -0.172. The number of hydrogen-bond donors (Lipinski definition) is 0. The first-order chi connectivity index (χ1) is 8.27. The van der Waals surface area contributed by atoms with E-state index in [1.807, 2.05) is 0 Å². The van der Waals surface area contributed by atoms with Crippen LogP contribution in [0.2, 0.25) is 0 Å². The number of allylic oxidation sites excluding steroid dienone is 4. The number of carbonyl (C=O) groups is 1. The van der Waals surface area contributed by atoms with Crippen molar-refractivity contribution in [3.63, 3.8) is 0 Å². The molecule has 0 aromatic carbocycles. The van der Waals surface area contributed by atoms with E-state index in [0.717, 1.165) is 25.7 Å². The van der Waals surface area contributed by atoms with Crippen LogP contribution in [0.15, 0.2) is 24.3 Å². The minimum absolute atomic E-state index is 0.172. The van der Waals surface area contributed by atoms with E-state index in [1.54, 1.807) is 0 Å². The summed E-state index contributed by atoms with van der Waals surface area (Å²) in [6.07, 6.45) is 16.9.